The van der Waals surface area contributed by atoms with Gasteiger partial charge in [0, 0.05) is 52.4 Å². The number of carbonyl (C=O) groups excluding carboxylic acids is 4. The van der Waals surface area contributed by atoms with E-state index < -0.39 is 56.8 Å². The molecule has 0 aromatic rings. The van der Waals surface area contributed by atoms with E-state index in [0.29, 0.717) is 71.2 Å². The number of unbranched alkanes of at least 4 members (excludes halogenated alkanes) is 6. The molecule has 15 nitrogen and oxygen atoms in total. The van der Waals surface area contributed by atoms with Crippen LogP contribution in [0, 0.1) is 0 Å². The van der Waals surface area contributed by atoms with E-state index in [4.69, 9.17) is 18.9 Å². The van der Waals surface area contributed by atoms with E-state index in [1.54, 1.807) is 97.8 Å². The summed E-state index contributed by atoms with van der Waals surface area (Å²) in [6, 6.07) is 0. The Labute approximate surface area is 346 Å². The molecule has 2 N–H and O–H groups in total. The minimum absolute atomic E-state index is 0.0851. The molecule has 0 atom stereocenters. The van der Waals surface area contributed by atoms with Gasteiger partial charge in [0.2, 0.25) is 10.0 Å². The van der Waals surface area contributed by atoms with E-state index in [9.17, 15) is 27.6 Å². The van der Waals surface area contributed by atoms with Crippen LogP contribution in [0.2, 0.25) is 0 Å². The maximum Gasteiger partial charge on any atom is 0.410 e. The molecule has 0 bridgehead atoms. The Bertz CT molecular complexity index is 1280. The van der Waals surface area contributed by atoms with Crippen molar-refractivity contribution in [2.75, 3.05) is 58.1 Å². The number of nitrogens with one attached hydrogen (secondary N) is 2. The van der Waals surface area contributed by atoms with Crippen LogP contribution >= 0.6 is 0 Å². The van der Waals surface area contributed by atoms with Crippen molar-refractivity contribution in [3.8, 4) is 0 Å². The molecule has 336 valence electrons. The lowest BCUT2D eigenvalue weighted by molar-refractivity contribution is 0.0181. The van der Waals surface area contributed by atoms with Crippen LogP contribution in [0.1, 0.15) is 161 Å². The first-order valence-electron chi connectivity index (χ1n) is 21.0. The fourth-order valence-corrected chi connectivity index (χ4v) is 6.52. The average molecular weight is 836 g/mol. The van der Waals surface area contributed by atoms with Crippen LogP contribution in [0.5, 0.6) is 0 Å². The molecule has 57 heavy (non-hydrogen) atoms. The second-order valence-electron chi connectivity index (χ2n) is 18.6. The molecular weight excluding hydrogens is 755 g/mol. The van der Waals surface area contributed by atoms with E-state index in [1.165, 1.54) is 0 Å². The first-order chi connectivity index (χ1) is 26.1. The van der Waals surface area contributed by atoms with Crippen LogP contribution in [0.3, 0.4) is 0 Å². The van der Waals surface area contributed by atoms with Gasteiger partial charge in [-0.25, -0.2) is 32.3 Å². The standard InChI is InChI=1S/C41H81N5O10S/c1-14-15-16-17-18-21-33-57(51,52)43-26-23-30-46(37(50)56-41(11,12)13)32-24-31-45(36(49)55-40(8,9)10)28-20-19-27-44(35(48)54-39(5,6)7)29-22-25-42-34(47)53-38(2,3)4/h43H,14-33H2,1-13H3,(H,42,47). The third-order valence-corrected chi connectivity index (χ3v) is 9.35. The molecule has 0 saturated carbocycles. The number of alkyl carbamates (subject to hydrolysis) is 1. The van der Waals surface area contributed by atoms with Gasteiger partial charge in [-0.05, 0) is 122 Å². The van der Waals surface area contributed by atoms with E-state index >= 15 is 0 Å². The summed E-state index contributed by atoms with van der Waals surface area (Å²) >= 11 is 0. The Hall–Kier alpha value is -3.01. The van der Waals surface area contributed by atoms with Crippen molar-refractivity contribution in [3.63, 3.8) is 0 Å². The molecular formula is C41H81N5O10S. The van der Waals surface area contributed by atoms with Gasteiger partial charge in [-0.1, -0.05) is 39.0 Å². The summed E-state index contributed by atoms with van der Waals surface area (Å²) in [7, 11) is -3.41. The van der Waals surface area contributed by atoms with Gasteiger partial charge in [0.05, 0.1) is 5.75 Å². The minimum Gasteiger partial charge on any atom is -0.444 e. The Morgan fingerprint density at radius 1 is 0.456 bits per heavy atom. The third-order valence-electron chi connectivity index (χ3n) is 7.88. The monoisotopic (exact) mass is 836 g/mol. The van der Waals surface area contributed by atoms with Crippen LogP contribution in [0.4, 0.5) is 19.2 Å². The number of amides is 4. The SMILES string of the molecule is CCCCCCCCS(=O)(=O)NCCCN(CCCN(CCCCN(CCCNC(=O)OC(C)(C)C)C(=O)OC(C)(C)C)C(=O)OC(C)(C)C)C(=O)OC(C)(C)C. The topological polar surface area (TPSA) is 173 Å². The molecule has 16 heteroatoms. The molecule has 0 aliphatic rings. The van der Waals surface area contributed by atoms with Crippen LogP contribution in [0.15, 0.2) is 0 Å². The Balaban J connectivity index is 5.46. The fraction of sp³-hybridized carbons (Fsp3) is 0.902. The van der Waals surface area contributed by atoms with Crippen molar-refractivity contribution in [2.45, 2.75) is 183 Å². The summed E-state index contributed by atoms with van der Waals surface area (Å²) in [5, 5.41) is 2.72. The average Bonchev–Trinajstić information content (AvgIpc) is 3.02. The van der Waals surface area contributed by atoms with Gasteiger partial charge in [-0.2, -0.15) is 0 Å². The minimum atomic E-state index is -3.41. The summed E-state index contributed by atoms with van der Waals surface area (Å²) in [6.45, 7) is 26.1. The molecule has 0 spiro atoms. The summed E-state index contributed by atoms with van der Waals surface area (Å²) in [6.07, 6.45) is 6.42. The summed E-state index contributed by atoms with van der Waals surface area (Å²) in [4.78, 5) is 56.4. The summed E-state index contributed by atoms with van der Waals surface area (Å²) < 4.78 is 50.0. The zero-order valence-corrected chi connectivity index (χ0v) is 38.8. The van der Waals surface area contributed by atoms with Crippen LogP contribution in [0.25, 0.3) is 0 Å². The van der Waals surface area contributed by atoms with Crippen molar-refractivity contribution >= 4 is 34.4 Å². The van der Waals surface area contributed by atoms with Gasteiger partial charge >= 0.3 is 24.4 Å². The number of rotatable bonds is 25. The van der Waals surface area contributed by atoms with Crippen molar-refractivity contribution in [2.24, 2.45) is 0 Å². The second-order valence-corrected chi connectivity index (χ2v) is 20.5. The lowest BCUT2D eigenvalue weighted by Gasteiger charge is -2.30. The smallest absolute Gasteiger partial charge is 0.410 e. The number of hydrogen-bond donors (Lipinski definition) is 2. The molecule has 0 aliphatic carbocycles. The van der Waals surface area contributed by atoms with Crippen molar-refractivity contribution < 1.29 is 46.5 Å². The Kier molecular flexibility index (Phi) is 24.8. The Morgan fingerprint density at radius 3 is 1.21 bits per heavy atom. The van der Waals surface area contributed by atoms with E-state index in [1.807, 2.05) is 0 Å². The zero-order valence-electron chi connectivity index (χ0n) is 38.0. The van der Waals surface area contributed by atoms with Crippen molar-refractivity contribution in [1.82, 2.24) is 24.7 Å². The predicted octanol–water partition coefficient (Wildman–Crippen LogP) is 8.45. The zero-order chi connectivity index (χ0) is 43.9. The number of sulfonamides is 1. The summed E-state index contributed by atoms with van der Waals surface area (Å²) in [5.74, 6) is 0.0851. The lowest BCUT2D eigenvalue weighted by atomic mass is 10.1. The molecule has 0 rings (SSSR count). The van der Waals surface area contributed by atoms with Gasteiger partial charge < -0.3 is 39.0 Å². The first-order valence-corrected chi connectivity index (χ1v) is 22.7. The van der Waals surface area contributed by atoms with Crippen LogP contribution < -0.4 is 10.0 Å². The molecule has 0 aromatic carbocycles. The highest BCUT2D eigenvalue weighted by molar-refractivity contribution is 7.89. The molecule has 0 unspecified atom stereocenters. The van der Waals surface area contributed by atoms with E-state index in [-0.39, 0.29) is 25.4 Å². The predicted molar refractivity (Wildman–Crippen MR) is 226 cm³/mol. The highest BCUT2D eigenvalue weighted by atomic mass is 32.2. The highest BCUT2D eigenvalue weighted by Gasteiger charge is 2.26. The van der Waals surface area contributed by atoms with Crippen molar-refractivity contribution in [3.05, 3.63) is 0 Å². The summed E-state index contributed by atoms with van der Waals surface area (Å²) in [5.41, 5.74) is -2.75. The lowest BCUT2D eigenvalue weighted by Crippen LogP contribution is -2.42. The second kappa shape index (κ2) is 26.2. The Morgan fingerprint density at radius 2 is 0.807 bits per heavy atom. The first kappa shape index (κ1) is 54.0. The van der Waals surface area contributed by atoms with Gasteiger partial charge in [-0.15, -0.1) is 0 Å². The fourth-order valence-electron chi connectivity index (χ4n) is 5.34. The number of carbonyl (C=O) groups is 4. The number of hydrogen-bond acceptors (Lipinski definition) is 10. The molecule has 4 amide bonds. The number of ether oxygens (including phenoxy) is 4. The van der Waals surface area contributed by atoms with Crippen LogP contribution in [-0.4, -0.2) is 128 Å². The molecule has 0 aromatic heterocycles. The molecule has 0 fully saturated rings. The van der Waals surface area contributed by atoms with Crippen LogP contribution in [-0.2, 0) is 29.0 Å². The maximum absolute atomic E-state index is 13.3. The van der Waals surface area contributed by atoms with Gasteiger partial charge in [0.15, 0.2) is 0 Å². The van der Waals surface area contributed by atoms with E-state index in [2.05, 4.69) is 17.0 Å². The molecule has 0 heterocycles. The normalized spacial score (nSPS) is 12.4. The maximum atomic E-state index is 13.3. The number of nitrogens with zero attached hydrogens (tertiary/aromatic N) is 3. The van der Waals surface area contributed by atoms with Gasteiger partial charge in [0.25, 0.3) is 0 Å². The largest absolute Gasteiger partial charge is 0.444 e. The quantitative estimate of drug-likeness (QED) is 0.0671. The van der Waals surface area contributed by atoms with E-state index in [0.717, 1.165) is 32.1 Å². The highest BCUT2D eigenvalue weighted by Crippen LogP contribution is 2.15. The third kappa shape index (κ3) is 31.6. The molecule has 0 aliphatic heterocycles. The van der Waals surface area contributed by atoms with Gasteiger partial charge in [0.1, 0.15) is 22.4 Å². The van der Waals surface area contributed by atoms with Crippen molar-refractivity contribution in [1.29, 1.82) is 0 Å². The molecule has 0 saturated heterocycles. The molecule has 0 radical (unpaired) electrons. The van der Waals surface area contributed by atoms with Gasteiger partial charge in [-0.3, -0.25) is 0 Å².